The van der Waals surface area contributed by atoms with Gasteiger partial charge in [0, 0.05) is 18.0 Å². The van der Waals surface area contributed by atoms with E-state index in [-0.39, 0.29) is 5.91 Å². The molecule has 0 saturated carbocycles. The summed E-state index contributed by atoms with van der Waals surface area (Å²) in [6.07, 6.45) is 1.63. The molecule has 0 atom stereocenters. The number of nitrogens with one attached hydrogen (secondary N) is 1. The Morgan fingerprint density at radius 3 is 2.39 bits per heavy atom. The van der Waals surface area contributed by atoms with Crippen molar-refractivity contribution in [3.63, 3.8) is 0 Å². The van der Waals surface area contributed by atoms with Crippen LogP contribution in [0.4, 0.5) is 5.69 Å². The van der Waals surface area contributed by atoms with Crippen molar-refractivity contribution < 1.29 is 4.79 Å². The van der Waals surface area contributed by atoms with E-state index in [1.807, 2.05) is 80.7 Å². The van der Waals surface area contributed by atoms with E-state index in [0.717, 1.165) is 33.7 Å². The number of amides is 1. The van der Waals surface area contributed by atoms with Crippen LogP contribution in [0.5, 0.6) is 0 Å². The number of carbonyl (C=O) groups excluding carboxylic acids is 1. The Kier molecular flexibility index (Phi) is 4.55. The van der Waals surface area contributed by atoms with E-state index in [2.05, 4.69) is 20.5 Å². The SMILES string of the molecule is Cc1nn(C)c2ncc(NC(=O)c3cc(-c4ccccc4)n(-c4ccccc4)n3)cc12. The topological polar surface area (TPSA) is 77.6 Å². The van der Waals surface area contributed by atoms with Crippen LogP contribution in [0.25, 0.3) is 28.0 Å². The molecule has 1 amide bonds. The minimum Gasteiger partial charge on any atom is -0.319 e. The molecule has 1 N–H and O–H groups in total. The van der Waals surface area contributed by atoms with Gasteiger partial charge in [0.05, 0.1) is 29.0 Å². The molecule has 0 saturated heterocycles. The van der Waals surface area contributed by atoms with Gasteiger partial charge in [-0.25, -0.2) is 9.67 Å². The molecule has 0 aliphatic rings. The summed E-state index contributed by atoms with van der Waals surface area (Å²) >= 11 is 0. The van der Waals surface area contributed by atoms with E-state index in [4.69, 9.17) is 0 Å². The summed E-state index contributed by atoms with van der Waals surface area (Å²) in [5, 5.41) is 12.8. The molecule has 5 rings (SSSR count). The molecule has 3 heterocycles. The van der Waals surface area contributed by atoms with Crippen molar-refractivity contribution in [2.45, 2.75) is 6.92 Å². The van der Waals surface area contributed by atoms with Crippen LogP contribution in [0, 0.1) is 6.92 Å². The molecule has 152 valence electrons. The number of aromatic nitrogens is 5. The zero-order valence-corrected chi connectivity index (χ0v) is 17.1. The molecule has 0 aliphatic carbocycles. The Morgan fingerprint density at radius 2 is 1.65 bits per heavy atom. The number of hydrogen-bond donors (Lipinski definition) is 1. The third kappa shape index (κ3) is 3.46. The summed E-state index contributed by atoms with van der Waals surface area (Å²) in [7, 11) is 1.85. The molecule has 0 radical (unpaired) electrons. The molecule has 7 heteroatoms. The number of pyridine rings is 1. The van der Waals surface area contributed by atoms with Gasteiger partial charge in [0.25, 0.3) is 5.91 Å². The van der Waals surface area contributed by atoms with Gasteiger partial charge >= 0.3 is 0 Å². The third-order valence-electron chi connectivity index (χ3n) is 5.13. The highest BCUT2D eigenvalue weighted by Gasteiger charge is 2.17. The zero-order chi connectivity index (χ0) is 21.4. The van der Waals surface area contributed by atoms with Gasteiger partial charge in [-0.1, -0.05) is 48.5 Å². The molecule has 3 aromatic heterocycles. The van der Waals surface area contributed by atoms with Crippen molar-refractivity contribution >= 4 is 22.6 Å². The highest BCUT2D eigenvalue weighted by Crippen LogP contribution is 2.25. The predicted octanol–water partition coefficient (Wildman–Crippen LogP) is 4.38. The third-order valence-corrected chi connectivity index (χ3v) is 5.13. The molecular weight excluding hydrogens is 388 g/mol. The normalized spacial score (nSPS) is 11.0. The number of fused-ring (bicyclic) bond motifs is 1. The smallest absolute Gasteiger partial charge is 0.276 e. The second-order valence-electron chi connectivity index (χ2n) is 7.29. The Morgan fingerprint density at radius 1 is 0.935 bits per heavy atom. The van der Waals surface area contributed by atoms with E-state index >= 15 is 0 Å². The standard InChI is InChI=1S/C24H20N6O/c1-16-20-13-18(15-25-23(20)29(2)27-16)26-24(31)21-14-22(17-9-5-3-6-10-17)30(28-21)19-11-7-4-8-12-19/h3-15H,1-2H3,(H,26,31). The first-order valence-electron chi connectivity index (χ1n) is 9.92. The van der Waals surface area contributed by atoms with Gasteiger partial charge in [-0.15, -0.1) is 0 Å². The number of hydrogen-bond acceptors (Lipinski definition) is 4. The van der Waals surface area contributed by atoms with Crippen LogP contribution >= 0.6 is 0 Å². The molecule has 7 nitrogen and oxygen atoms in total. The van der Waals surface area contributed by atoms with Gasteiger partial charge in [0.1, 0.15) is 0 Å². The maximum atomic E-state index is 13.0. The second-order valence-corrected chi connectivity index (χ2v) is 7.29. The van der Waals surface area contributed by atoms with Gasteiger partial charge in [-0.3, -0.25) is 9.48 Å². The van der Waals surface area contributed by atoms with Gasteiger partial charge in [0.15, 0.2) is 11.3 Å². The molecule has 5 aromatic rings. The summed E-state index contributed by atoms with van der Waals surface area (Å²) in [5.74, 6) is -0.297. The minimum atomic E-state index is -0.297. The predicted molar refractivity (Wildman–Crippen MR) is 120 cm³/mol. The first-order chi connectivity index (χ1) is 15.1. The van der Waals surface area contributed by atoms with Crippen LogP contribution in [-0.4, -0.2) is 30.5 Å². The van der Waals surface area contributed by atoms with E-state index in [1.54, 1.807) is 21.6 Å². The number of anilines is 1. The molecule has 0 spiro atoms. The lowest BCUT2D eigenvalue weighted by Gasteiger charge is -2.07. The molecule has 0 unspecified atom stereocenters. The zero-order valence-electron chi connectivity index (χ0n) is 17.1. The molecule has 2 aromatic carbocycles. The first-order valence-corrected chi connectivity index (χ1v) is 9.92. The maximum Gasteiger partial charge on any atom is 0.276 e. The van der Waals surface area contributed by atoms with E-state index in [9.17, 15) is 4.79 Å². The van der Waals surface area contributed by atoms with Crippen molar-refractivity contribution in [2.24, 2.45) is 7.05 Å². The molecule has 0 bridgehead atoms. The first kappa shape index (κ1) is 18.7. The molecule has 31 heavy (non-hydrogen) atoms. The Bertz CT molecular complexity index is 1330. The summed E-state index contributed by atoms with van der Waals surface area (Å²) in [4.78, 5) is 17.5. The van der Waals surface area contributed by atoms with Crippen molar-refractivity contribution in [1.82, 2.24) is 24.5 Å². The average molecular weight is 408 g/mol. The number of nitrogens with zero attached hydrogens (tertiary/aromatic N) is 5. The van der Waals surface area contributed by atoms with Gasteiger partial charge in [-0.05, 0) is 31.2 Å². The Balaban J connectivity index is 1.52. The number of para-hydroxylation sites is 1. The van der Waals surface area contributed by atoms with Crippen molar-refractivity contribution in [1.29, 1.82) is 0 Å². The summed E-state index contributed by atoms with van der Waals surface area (Å²) in [6, 6.07) is 23.4. The highest BCUT2D eigenvalue weighted by atomic mass is 16.2. The van der Waals surface area contributed by atoms with Crippen molar-refractivity contribution in [3.05, 3.63) is 90.4 Å². The van der Waals surface area contributed by atoms with E-state index < -0.39 is 0 Å². The second kappa shape index (κ2) is 7.53. The summed E-state index contributed by atoms with van der Waals surface area (Å²) < 4.78 is 3.51. The van der Waals surface area contributed by atoms with Gasteiger partial charge in [-0.2, -0.15) is 10.2 Å². The van der Waals surface area contributed by atoms with Crippen molar-refractivity contribution in [3.8, 4) is 16.9 Å². The fraction of sp³-hybridized carbons (Fsp3) is 0.0833. The van der Waals surface area contributed by atoms with Gasteiger partial charge < -0.3 is 5.32 Å². The fourth-order valence-electron chi connectivity index (χ4n) is 3.64. The van der Waals surface area contributed by atoms with Crippen LogP contribution in [-0.2, 0) is 7.05 Å². The Labute approximate surface area is 179 Å². The largest absolute Gasteiger partial charge is 0.319 e. The van der Waals surface area contributed by atoms with Crippen LogP contribution in [0.2, 0.25) is 0 Å². The lowest BCUT2D eigenvalue weighted by molar-refractivity contribution is 0.102. The van der Waals surface area contributed by atoms with Crippen molar-refractivity contribution in [2.75, 3.05) is 5.32 Å². The molecular formula is C24H20N6O. The fourth-order valence-corrected chi connectivity index (χ4v) is 3.64. The summed E-state index contributed by atoms with van der Waals surface area (Å²) in [6.45, 7) is 1.92. The van der Waals surface area contributed by atoms with Crippen LogP contribution in [0.15, 0.2) is 79.0 Å². The van der Waals surface area contributed by atoms with Crippen LogP contribution in [0.1, 0.15) is 16.2 Å². The maximum absolute atomic E-state index is 13.0. The van der Waals surface area contributed by atoms with Crippen LogP contribution < -0.4 is 5.32 Å². The minimum absolute atomic E-state index is 0.297. The lowest BCUT2D eigenvalue weighted by atomic mass is 10.1. The Hall–Kier alpha value is -4.26. The number of carbonyl (C=O) groups is 1. The average Bonchev–Trinajstić information content (AvgIpc) is 3.37. The number of rotatable bonds is 4. The lowest BCUT2D eigenvalue weighted by Crippen LogP contribution is -2.13. The quantitative estimate of drug-likeness (QED) is 0.479. The van der Waals surface area contributed by atoms with Crippen LogP contribution in [0.3, 0.4) is 0 Å². The highest BCUT2D eigenvalue weighted by molar-refractivity contribution is 6.04. The van der Waals surface area contributed by atoms with E-state index in [1.165, 1.54) is 0 Å². The number of aryl methyl sites for hydroxylation is 2. The molecule has 0 fully saturated rings. The monoisotopic (exact) mass is 408 g/mol. The van der Waals surface area contributed by atoms with Gasteiger partial charge in [0.2, 0.25) is 0 Å². The molecule has 0 aliphatic heterocycles. The number of benzene rings is 2. The summed E-state index contributed by atoms with van der Waals surface area (Å²) in [5.41, 5.74) is 5.26. The van der Waals surface area contributed by atoms with E-state index in [0.29, 0.717) is 11.4 Å².